The molecule has 0 atom stereocenters. The fourth-order valence-electron chi connectivity index (χ4n) is 2.48. The van der Waals surface area contributed by atoms with Crippen LogP contribution in [0.1, 0.15) is 5.56 Å². The lowest BCUT2D eigenvalue weighted by Crippen LogP contribution is -2.12. The van der Waals surface area contributed by atoms with Crippen LogP contribution in [0.25, 0.3) is 11.3 Å². The summed E-state index contributed by atoms with van der Waals surface area (Å²) in [5, 5.41) is 8.32. The average molecular weight is 370 g/mol. The molecule has 3 N–H and O–H groups in total. The number of nitrogens with two attached hydrogens (primary N) is 1. The van der Waals surface area contributed by atoms with E-state index in [1.54, 1.807) is 19.2 Å². The van der Waals surface area contributed by atoms with Gasteiger partial charge in [-0.05, 0) is 29.8 Å². The Balaban J connectivity index is 1.80. The fourth-order valence-corrected chi connectivity index (χ4v) is 3.07. The molecule has 0 spiro atoms. The monoisotopic (exact) mass is 370 g/mol. The predicted molar refractivity (Wildman–Crippen MR) is 99.2 cm³/mol. The second-order valence-corrected chi connectivity index (χ2v) is 7.10. The first kappa shape index (κ1) is 17.8. The number of sulfonamides is 1. The summed E-state index contributed by atoms with van der Waals surface area (Å²) in [5.41, 5.74) is 2.35. The molecule has 0 aliphatic carbocycles. The Morgan fingerprint density at radius 3 is 2.65 bits per heavy atom. The first-order chi connectivity index (χ1) is 12.5. The number of hydrogen-bond acceptors (Lipinski definition) is 6. The van der Waals surface area contributed by atoms with Gasteiger partial charge in [0.25, 0.3) is 0 Å². The van der Waals surface area contributed by atoms with Crippen molar-refractivity contribution in [3.05, 3.63) is 66.5 Å². The highest BCUT2D eigenvalue weighted by molar-refractivity contribution is 7.89. The van der Waals surface area contributed by atoms with Gasteiger partial charge in [-0.2, -0.15) is 0 Å². The Bertz CT molecular complexity index is 1020. The molecule has 26 heavy (non-hydrogen) atoms. The van der Waals surface area contributed by atoms with Gasteiger partial charge in [-0.15, -0.1) is 0 Å². The second-order valence-electron chi connectivity index (χ2n) is 5.53. The fraction of sp³-hybridized carbons (Fsp3) is 0.111. The van der Waals surface area contributed by atoms with Crippen LogP contribution in [0.5, 0.6) is 5.75 Å². The minimum atomic E-state index is -3.73. The van der Waals surface area contributed by atoms with Crippen LogP contribution in [0.4, 0.5) is 5.82 Å². The molecule has 0 unspecified atom stereocenters. The van der Waals surface area contributed by atoms with E-state index in [2.05, 4.69) is 15.3 Å². The maximum Gasteiger partial charge on any atom is 0.238 e. The molecule has 2 aromatic carbocycles. The first-order valence-electron chi connectivity index (χ1n) is 7.78. The van der Waals surface area contributed by atoms with Crippen LogP contribution in [0.2, 0.25) is 0 Å². The van der Waals surface area contributed by atoms with Gasteiger partial charge < -0.3 is 10.1 Å². The molecule has 0 aliphatic rings. The molecule has 0 amide bonds. The van der Waals surface area contributed by atoms with Gasteiger partial charge in [-0.1, -0.05) is 24.3 Å². The molecule has 1 aromatic heterocycles. The lowest BCUT2D eigenvalue weighted by molar-refractivity contribution is 0.416. The lowest BCUT2D eigenvalue weighted by Gasteiger charge is -2.10. The highest BCUT2D eigenvalue weighted by atomic mass is 32.2. The molecule has 8 heteroatoms. The normalized spacial score (nSPS) is 11.2. The van der Waals surface area contributed by atoms with Gasteiger partial charge in [0, 0.05) is 18.2 Å². The Labute approximate surface area is 151 Å². The number of primary sulfonamides is 1. The number of benzene rings is 2. The summed E-state index contributed by atoms with van der Waals surface area (Å²) < 4.78 is 28.3. The van der Waals surface area contributed by atoms with E-state index in [-0.39, 0.29) is 4.90 Å². The Morgan fingerprint density at radius 1 is 1.08 bits per heavy atom. The Kier molecular flexibility index (Phi) is 5.15. The zero-order valence-corrected chi connectivity index (χ0v) is 14.9. The largest absolute Gasteiger partial charge is 0.496 e. The number of para-hydroxylation sites is 1. The molecule has 3 aromatic rings. The SMILES string of the molecule is COc1ccccc1-c1cc(NCc2cccc(S(N)(=O)=O)c2)ncn1. The van der Waals surface area contributed by atoms with Crippen molar-refractivity contribution in [3.8, 4) is 17.0 Å². The number of anilines is 1. The van der Waals surface area contributed by atoms with Gasteiger partial charge in [-0.3, -0.25) is 0 Å². The summed E-state index contributed by atoms with van der Waals surface area (Å²) in [7, 11) is -2.12. The summed E-state index contributed by atoms with van der Waals surface area (Å²) in [6.45, 7) is 0.395. The quantitative estimate of drug-likeness (QED) is 0.690. The van der Waals surface area contributed by atoms with Crippen LogP contribution < -0.4 is 15.2 Å². The van der Waals surface area contributed by atoms with Gasteiger partial charge in [0.2, 0.25) is 10.0 Å². The van der Waals surface area contributed by atoms with Crippen molar-refractivity contribution in [2.75, 3.05) is 12.4 Å². The minimum Gasteiger partial charge on any atom is -0.496 e. The van der Waals surface area contributed by atoms with Gasteiger partial charge in [0.1, 0.15) is 17.9 Å². The van der Waals surface area contributed by atoms with Crippen molar-refractivity contribution in [1.82, 2.24) is 9.97 Å². The third-order valence-corrected chi connectivity index (χ3v) is 4.66. The smallest absolute Gasteiger partial charge is 0.238 e. The van der Waals surface area contributed by atoms with Crippen molar-refractivity contribution in [3.63, 3.8) is 0 Å². The molecule has 0 saturated heterocycles. The second kappa shape index (κ2) is 7.51. The van der Waals surface area contributed by atoms with E-state index < -0.39 is 10.0 Å². The van der Waals surface area contributed by atoms with Crippen LogP contribution in [0.3, 0.4) is 0 Å². The highest BCUT2D eigenvalue weighted by Crippen LogP contribution is 2.28. The molecule has 0 radical (unpaired) electrons. The van der Waals surface area contributed by atoms with Crippen LogP contribution in [-0.2, 0) is 16.6 Å². The van der Waals surface area contributed by atoms with Gasteiger partial charge in [-0.25, -0.2) is 23.5 Å². The number of aromatic nitrogens is 2. The summed E-state index contributed by atoms with van der Waals surface area (Å²) in [6.07, 6.45) is 1.46. The predicted octanol–water partition coefficient (Wildman–Crippen LogP) is 2.41. The number of ether oxygens (including phenoxy) is 1. The zero-order chi connectivity index (χ0) is 18.6. The summed E-state index contributed by atoms with van der Waals surface area (Å²) in [5.74, 6) is 1.33. The van der Waals surface area contributed by atoms with E-state index >= 15 is 0 Å². The average Bonchev–Trinajstić information content (AvgIpc) is 2.66. The van der Waals surface area contributed by atoms with E-state index in [4.69, 9.17) is 9.88 Å². The van der Waals surface area contributed by atoms with Gasteiger partial charge in [0.05, 0.1) is 17.7 Å². The number of hydrogen-bond donors (Lipinski definition) is 2. The van der Waals surface area contributed by atoms with Gasteiger partial charge >= 0.3 is 0 Å². The van der Waals surface area contributed by atoms with Crippen LogP contribution >= 0.6 is 0 Å². The maximum absolute atomic E-state index is 11.4. The van der Waals surface area contributed by atoms with Crippen molar-refractivity contribution < 1.29 is 13.2 Å². The maximum atomic E-state index is 11.4. The zero-order valence-electron chi connectivity index (χ0n) is 14.1. The van der Waals surface area contributed by atoms with Crippen molar-refractivity contribution >= 4 is 15.8 Å². The van der Waals surface area contributed by atoms with E-state index in [0.29, 0.717) is 12.4 Å². The van der Waals surface area contributed by atoms with E-state index in [1.807, 2.05) is 30.3 Å². The summed E-state index contributed by atoms with van der Waals surface area (Å²) in [6, 6.07) is 15.8. The molecule has 134 valence electrons. The minimum absolute atomic E-state index is 0.0780. The van der Waals surface area contributed by atoms with E-state index in [1.165, 1.54) is 18.5 Å². The van der Waals surface area contributed by atoms with Crippen molar-refractivity contribution in [2.45, 2.75) is 11.4 Å². The Hall–Kier alpha value is -2.97. The summed E-state index contributed by atoms with van der Waals surface area (Å²) >= 11 is 0. The number of nitrogens with one attached hydrogen (secondary N) is 1. The molecule has 3 rings (SSSR count). The molecule has 7 nitrogen and oxygen atoms in total. The van der Waals surface area contributed by atoms with E-state index in [9.17, 15) is 8.42 Å². The molecule has 1 heterocycles. The molecule has 0 bridgehead atoms. The third kappa shape index (κ3) is 4.16. The van der Waals surface area contributed by atoms with Gasteiger partial charge in [0.15, 0.2) is 0 Å². The first-order valence-corrected chi connectivity index (χ1v) is 9.33. The van der Waals surface area contributed by atoms with E-state index in [0.717, 1.165) is 22.6 Å². The van der Waals surface area contributed by atoms with Crippen LogP contribution in [0, 0.1) is 0 Å². The Morgan fingerprint density at radius 2 is 1.88 bits per heavy atom. The molecule has 0 aliphatic heterocycles. The molecular weight excluding hydrogens is 352 g/mol. The molecule has 0 saturated carbocycles. The highest BCUT2D eigenvalue weighted by Gasteiger charge is 2.09. The third-order valence-electron chi connectivity index (χ3n) is 3.75. The number of nitrogens with zero attached hydrogens (tertiary/aromatic N) is 2. The number of methoxy groups -OCH3 is 1. The number of rotatable bonds is 6. The van der Waals surface area contributed by atoms with Crippen molar-refractivity contribution in [1.29, 1.82) is 0 Å². The topological polar surface area (TPSA) is 107 Å². The van der Waals surface area contributed by atoms with Crippen LogP contribution in [0.15, 0.2) is 65.8 Å². The molecular formula is C18H18N4O3S. The van der Waals surface area contributed by atoms with Crippen molar-refractivity contribution in [2.24, 2.45) is 5.14 Å². The lowest BCUT2D eigenvalue weighted by atomic mass is 10.1. The van der Waals surface area contributed by atoms with Crippen LogP contribution in [-0.4, -0.2) is 25.5 Å². The summed E-state index contributed by atoms with van der Waals surface area (Å²) in [4.78, 5) is 8.57. The standard InChI is InChI=1S/C18H18N4O3S/c1-25-17-8-3-2-7-15(17)16-10-18(22-12-21-16)20-11-13-5-4-6-14(9-13)26(19,23)24/h2-10,12H,11H2,1H3,(H2,19,23,24)(H,20,21,22). The molecule has 0 fully saturated rings.